The molecule has 0 radical (unpaired) electrons. The Bertz CT molecular complexity index is 1070. The van der Waals surface area contributed by atoms with E-state index in [1.807, 2.05) is 46.9 Å². The molecule has 1 N–H and O–H groups in total. The largest absolute Gasteiger partial charge is 0.346 e. The van der Waals surface area contributed by atoms with Crippen LogP contribution < -0.4 is 5.32 Å². The molecule has 164 valence electrons. The summed E-state index contributed by atoms with van der Waals surface area (Å²) in [6.07, 6.45) is 4.03. The Morgan fingerprint density at radius 3 is 2.52 bits per heavy atom. The van der Waals surface area contributed by atoms with Gasteiger partial charge in [0.1, 0.15) is 0 Å². The molecule has 0 atom stereocenters. The van der Waals surface area contributed by atoms with Crippen LogP contribution in [0.4, 0.5) is 5.82 Å². The number of thiocarbonyl (C=S) groups is 1. The lowest BCUT2D eigenvalue weighted by molar-refractivity contribution is 0.176. The smallest absolute Gasteiger partial charge is 0.174 e. The van der Waals surface area contributed by atoms with Crippen molar-refractivity contribution in [2.45, 2.75) is 20.0 Å². The van der Waals surface area contributed by atoms with Gasteiger partial charge in [-0.05, 0) is 46.7 Å². The van der Waals surface area contributed by atoms with Crippen LogP contribution in [0.1, 0.15) is 16.8 Å². The zero-order chi connectivity index (χ0) is 22.0. The zero-order valence-electron chi connectivity index (χ0n) is 17.6. The van der Waals surface area contributed by atoms with Crippen LogP contribution in [0.2, 0.25) is 5.02 Å². The molecule has 1 aliphatic heterocycles. The number of hydrogen-bond acceptors (Lipinski definition) is 4. The molecular formula is C21H25BrClN7S. The van der Waals surface area contributed by atoms with Crippen molar-refractivity contribution < 1.29 is 0 Å². The molecular weight excluding hydrogens is 498 g/mol. The van der Waals surface area contributed by atoms with Crippen molar-refractivity contribution in [2.24, 2.45) is 7.05 Å². The number of aromatic nitrogens is 4. The SMILES string of the molecule is Cc1nn(C)cc1CN1CCN(C(=S)Nc2nn(Cc3ccccc3Cl)cc2Br)CC1. The summed E-state index contributed by atoms with van der Waals surface area (Å²) >= 11 is 15.5. The Morgan fingerprint density at radius 1 is 1.10 bits per heavy atom. The van der Waals surface area contributed by atoms with E-state index in [0.717, 1.165) is 53.5 Å². The standard InChI is InChI=1S/C21H25BrClN7S/c1-15-17(11-27(2)25-15)12-28-7-9-29(10-8-28)21(31)24-20-18(22)14-30(26-20)13-16-5-3-4-6-19(16)23/h3-6,11,14H,7-10,12-13H2,1-2H3,(H,24,26,31). The predicted molar refractivity (Wildman–Crippen MR) is 131 cm³/mol. The Morgan fingerprint density at radius 2 is 1.84 bits per heavy atom. The van der Waals surface area contributed by atoms with Gasteiger partial charge in [-0.3, -0.25) is 14.3 Å². The minimum atomic E-state index is 0.596. The summed E-state index contributed by atoms with van der Waals surface area (Å²) in [5.41, 5.74) is 3.40. The molecule has 0 saturated carbocycles. The minimum Gasteiger partial charge on any atom is -0.346 e. The van der Waals surface area contributed by atoms with Gasteiger partial charge in [0.05, 0.1) is 16.7 Å². The van der Waals surface area contributed by atoms with E-state index in [-0.39, 0.29) is 0 Å². The first kappa shape index (κ1) is 22.3. The molecule has 0 bridgehead atoms. The van der Waals surface area contributed by atoms with Crippen LogP contribution in [0.5, 0.6) is 0 Å². The molecule has 2 aromatic heterocycles. The van der Waals surface area contributed by atoms with E-state index in [1.54, 1.807) is 0 Å². The van der Waals surface area contributed by atoms with Crippen LogP contribution in [0, 0.1) is 6.92 Å². The number of piperazine rings is 1. The molecule has 0 unspecified atom stereocenters. The second kappa shape index (κ2) is 9.68. The van der Waals surface area contributed by atoms with Crippen LogP contribution >= 0.6 is 39.7 Å². The van der Waals surface area contributed by atoms with Crippen LogP contribution in [-0.2, 0) is 20.1 Å². The molecule has 0 spiro atoms. The molecule has 0 amide bonds. The van der Waals surface area contributed by atoms with E-state index < -0.39 is 0 Å². The lowest BCUT2D eigenvalue weighted by Gasteiger charge is -2.36. The molecule has 1 aliphatic rings. The molecule has 3 heterocycles. The summed E-state index contributed by atoms with van der Waals surface area (Å²) in [6.45, 7) is 7.25. The van der Waals surface area contributed by atoms with Gasteiger partial charge in [-0.15, -0.1) is 0 Å². The van der Waals surface area contributed by atoms with Gasteiger partial charge >= 0.3 is 0 Å². The van der Waals surface area contributed by atoms with Crippen LogP contribution in [-0.4, -0.2) is 60.7 Å². The highest BCUT2D eigenvalue weighted by Gasteiger charge is 2.21. The van der Waals surface area contributed by atoms with Gasteiger partial charge in [0.25, 0.3) is 0 Å². The highest BCUT2D eigenvalue weighted by atomic mass is 79.9. The van der Waals surface area contributed by atoms with E-state index in [4.69, 9.17) is 23.8 Å². The molecule has 3 aromatic rings. The number of nitrogens with one attached hydrogen (secondary N) is 1. The number of rotatable bonds is 5. The predicted octanol–water partition coefficient (Wildman–Crippen LogP) is 3.90. The van der Waals surface area contributed by atoms with Crippen molar-refractivity contribution in [2.75, 3.05) is 31.5 Å². The number of aryl methyl sites for hydroxylation is 2. The fraction of sp³-hybridized carbons (Fsp3) is 0.381. The number of anilines is 1. The maximum atomic E-state index is 6.27. The Kier molecular flexibility index (Phi) is 6.95. The third-order valence-electron chi connectivity index (χ3n) is 5.40. The average molecular weight is 523 g/mol. The molecule has 1 saturated heterocycles. The first-order valence-electron chi connectivity index (χ1n) is 10.1. The van der Waals surface area contributed by atoms with Crippen molar-refractivity contribution in [1.29, 1.82) is 0 Å². The molecule has 0 aliphatic carbocycles. The summed E-state index contributed by atoms with van der Waals surface area (Å²) in [5.74, 6) is 0.713. The summed E-state index contributed by atoms with van der Waals surface area (Å²) in [7, 11) is 1.96. The van der Waals surface area contributed by atoms with Crippen molar-refractivity contribution in [3.05, 3.63) is 63.0 Å². The van der Waals surface area contributed by atoms with Crippen molar-refractivity contribution in [1.82, 2.24) is 29.4 Å². The summed E-state index contributed by atoms with van der Waals surface area (Å²) < 4.78 is 4.60. The third kappa shape index (κ3) is 5.46. The topological polar surface area (TPSA) is 54.2 Å². The first-order valence-corrected chi connectivity index (χ1v) is 11.7. The van der Waals surface area contributed by atoms with Crippen LogP contribution in [0.25, 0.3) is 0 Å². The normalized spacial score (nSPS) is 14.8. The van der Waals surface area contributed by atoms with Crippen LogP contribution in [0.15, 0.2) is 41.1 Å². The monoisotopic (exact) mass is 521 g/mol. The Labute approximate surface area is 201 Å². The van der Waals surface area contributed by atoms with E-state index in [0.29, 0.717) is 17.5 Å². The highest BCUT2D eigenvalue weighted by molar-refractivity contribution is 9.10. The maximum absolute atomic E-state index is 6.27. The van der Waals surface area contributed by atoms with Gasteiger partial charge in [0.15, 0.2) is 10.9 Å². The number of halogens is 2. The number of nitrogens with zero attached hydrogens (tertiary/aromatic N) is 6. The van der Waals surface area contributed by atoms with Gasteiger partial charge in [0, 0.05) is 62.8 Å². The maximum Gasteiger partial charge on any atom is 0.174 e. The van der Waals surface area contributed by atoms with Crippen molar-refractivity contribution in [3.8, 4) is 0 Å². The van der Waals surface area contributed by atoms with Crippen molar-refractivity contribution >= 4 is 50.7 Å². The molecule has 4 rings (SSSR count). The molecule has 10 heteroatoms. The fourth-order valence-electron chi connectivity index (χ4n) is 3.70. The fourth-order valence-corrected chi connectivity index (χ4v) is 4.59. The molecule has 7 nitrogen and oxygen atoms in total. The van der Waals surface area contributed by atoms with Gasteiger partial charge in [-0.25, -0.2) is 0 Å². The Hall–Kier alpha value is -1.94. The highest BCUT2D eigenvalue weighted by Crippen LogP contribution is 2.23. The van der Waals surface area contributed by atoms with Gasteiger partial charge in [-0.2, -0.15) is 10.2 Å². The molecule has 1 fully saturated rings. The van der Waals surface area contributed by atoms with Crippen LogP contribution in [0.3, 0.4) is 0 Å². The lowest BCUT2D eigenvalue weighted by atomic mass is 10.2. The summed E-state index contributed by atoms with van der Waals surface area (Å²) in [4.78, 5) is 4.64. The first-order chi connectivity index (χ1) is 14.9. The Balaban J connectivity index is 1.31. The summed E-state index contributed by atoms with van der Waals surface area (Å²) in [6, 6.07) is 7.79. The number of benzene rings is 1. The molecule has 1 aromatic carbocycles. The minimum absolute atomic E-state index is 0.596. The van der Waals surface area contributed by atoms with Gasteiger partial charge < -0.3 is 10.2 Å². The van der Waals surface area contributed by atoms with E-state index in [9.17, 15) is 0 Å². The zero-order valence-corrected chi connectivity index (χ0v) is 20.7. The number of hydrogen-bond donors (Lipinski definition) is 1. The second-order valence-electron chi connectivity index (χ2n) is 7.72. The summed E-state index contributed by atoms with van der Waals surface area (Å²) in [5, 5.41) is 13.8. The van der Waals surface area contributed by atoms with Crippen molar-refractivity contribution in [3.63, 3.8) is 0 Å². The third-order valence-corrected chi connectivity index (χ3v) is 6.71. The van der Waals surface area contributed by atoms with E-state index in [2.05, 4.69) is 54.4 Å². The van der Waals surface area contributed by atoms with E-state index in [1.165, 1.54) is 5.56 Å². The lowest BCUT2D eigenvalue weighted by Crippen LogP contribution is -2.49. The second-order valence-corrected chi connectivity index (χ2v) is 9.37. The molecule has 31 heavy (non-hydrogen) atoms. The van der Waals surface area contributed by atoms with Gasteiger partial charge in [0.2, 0.25) is 0 Å². The average Bonchev–Trinajstić information content (AvgIpc) is 3.24. The van der Waals surface area contributed by atoms with Gasteiger partial charge in [-0.1, -0.05) is 29.8 Å². The quantitative estimate of drug-likeness (QED) is 0.513. The van der Waals surface area contributed by atoms with E-state index >= 15 is 0 Å².